The van der Waals surface area contributed by atoms with Gasteiger partial charge < -0.3 is 24.4 Å². The van der Waals surface area contributed by atoms with Gasteiger partial charge in [-0.25, -0.2) is 4.79 Å². The van der Waals surface area contributed by atoms with Crippen LogP contribution < -0.4 is 20.7 Å². The number of nitrogens with zero attached hydrogens (tertiary/aromatic N) is 1. The number of hydrogen-bond donors (Lipinski definition) is 2. The molecule has 3 N–H and O–H groups in total. The molecule has 0 saturated carbocycles. The summed E-state index contributed by atoms with van der Waals surface area (Å²) in [7, 11) is 1.57. The Morgan fingerprint density at radius 3 is 2.69 bits per heavy atom. The average Bonchev–Trinajstić information content (AvgIpc) is 2.83. The molecule has 0 spiro atoms. The number of amides is 1. The number of morpholine rings is 1. The maximum absolute atomic E-state index is 12.3. The molecular weight excluding hydrogens is 414 g/mol. The van der Waals surface area contributed by atoms with Gasteiger partial charge in [0.15, 0.2) is 11.5 Å². The first-order chi connectivity index (χ1) is 15.6. The topological polar surface area (TPSA) is 112 Å². The minimum atomic E-state index is -0.737. The normalized spacial score (nSPS) is 14.2. The summed E-state index contributed by atoms with van der Waals surface area (Å²) in [5.41, 5.74) is 1.23. The fourth-order valence-corrected chi connectivity index (χ4v) is 3.20. The third kappa shape index (κ3) is 6.55. The van der Waals surface area contributed by atoms with E-state index in [1.165, 1.54) is 12.1 Å². The van der Waals surface area contributed by atoms with Crippen LogP contribution in [0.4, 0.5) is 5.69 Å². The Morgan fingerprint density at radius 2 is 1.94 bits per heavy atom. The SMILES string of the molecule is COc1cc(/C=C/C(=O)Nc2ccccc2C(=O)ON)ccc1OCCN1CCOCC1. The molecule has 9 nitrogen and oxygen atoms in total. The summed E-state index contributed by atoms with van der Waals surface area (Å²) >= 11 is 0. The lowest BCUT2D eigenvalue weighted by Crippen LogP contribution is -2.38. The van der Waals surface area contributed by atoms with Crippen LogP contribution in [0.1, 0.15) is 15.9 Å². The first-order valence-electron chi connectivity index (χ1n) is 10.2. The van der Waals surface area contributed by atoms with Gasteiger partial charge in [-0.15, -0.1) is 0 Å². The summed E-state index contributed by atoms with van der Waals surface area (Å²) < 4.78 is 16.6. The van der Waals surface area contributed by atoms with E-state index < -0.39 is 11.9 Å². The molecule has 2 aromatic carbocycles. The number of methoxy groups -OCH3 is 1. The van der Waals surface area contributed by atoms with Crippen LogP contribution in [-0.2, 0) is 14.4 Å². The molecule has 32 heavy (non-hydrogen) atoms. The van der Waals surface area contributed by atoms with Crippen molar-refractivity contribution in [3.8, 4) is 11.5 Å². The maximum atomic E-state index is 12.3. The lowest BCUT2D eigenvalue weighted by atomic mass is 10.1. The van der Waals surface area contributed by atoms with Gasteiger partial charge in [-0.2, -0.15) is 5.90 Å². The molecule has 1 fully saturated rings. The van der Waals surface area contributed by atoms with Crippen molar-refractivity contribution < 1.29 is 28.6 Å². The fraction of sp³-hybridized carbons (Fsp3) is 0.304. The highest BCUT2D eigenvalue weighted by Gasteiger charge is 2.13. The number of para-hydroxylation sites is 1. The molecule has 1 heterocycles. The molecule has 0 bridgehead atoms. The van der Waals surface area contributed by atoms with Gasteiger partial charge in [-0.1, -0.05) is 18.2 Å². The zero-order valence-electron chi connectivity index (χ0n) is 17.9. The summed E-state index contributed by atoms with van der Waals surface area (Å²) in [5, 5.41) is 2.64. The molecule has 9 heteroatoms. The van der Waals surface area contributed by atoms with Gasteiger partial charge in [-0.05, 0) is 35.9 Å². The Morgan fingerprint density at radius 1 is 1.16 bits per heavy atom. The molecule has 1 aliphatic rings. The van der Waals surface area contributed by atoms with Gasteiger partial charge in [0.1, 0.15) is 6.61 Å². The van der Waals surface area contributed by atoms with Crippen LogP contribution in [-0.4, -0.2) is 63.3 Å². The van der Waals surface area contributed by atoms with E-state index in [4.69, 9.17) is 20.1 Å². The second kappa shape index (κ2) is 11.8. The summed E-state index contributed by atoms with van der Waals surface area (Å²) in [6.45, 7) is 4.67. The Balaban J connectivity index is 1.58. The van der Waals surface area contributed by atoms with Gasteiger partial charge in [0.25, 0.3) is 0 Å². The van der Waals surface area contributed by atoms with E-state index in [1.54, 1.807) is 37.5 Å². The molecule has 1 saturated heterocycles. The van der Waals surface area contributed by atoms with Gasteiger partial charge in [0, 0.05) is 25.7 Å². The van der Waals surface area contributed by atoms with Crippen LogP contribution in [0, 0.1) is 0 Å². The smallest absolute Gasteiger partial charge is 0.358 e. The van der Waals surface area contributed by atoms with Crippen LogP contribution in [0.15, 0.2) is 48.5 Å². The van der Waals surface area contributed by atoms with Crippen LogP contribution in [0.25, 0.3) is 6.08 Å². The number of benzene rings is 2. The Kier molecular flexibility index (Phi) is 8.61. The molecule has 2 aromatic rings. The van der Waals surface area contributed by atoms with Crippen molar-refractivity contribution in [3.05, 3.63) is 59.7 Å². The monoisotopic (exact) mass is 441 g/mol. The number of rotatable bonds is 9. The third-order valence-electron chi connectivity index (χ3n) is 4.90. The first kappa shape index (κ1) is 23.3. The van der Waals surface area contributed by atoms with Crippen molar-refractivity contribution in [3.63, 3.8) is 0 Å². The van der Waals surface area contributed by atoms with E-state index in [-0.39, 0.29) is 5.56 Å². The standard InChI is InChI=1S/C23H27N3O6/c1-29-21-16-17(6-8-20(21)31-15-12-26-10-13-30-14-11-26)7-9-22(27)25-19-5-3-2-4-18(19)23(28)32-24/h2-9,16H,10-15,24H2,1H3,(H,25,27)/b9-7+. The molecule has 0 aromatic heterocycles. The lowest BCUT2D eigenvalue weighted by Gasteiger charge is -2.26. The average molecular weight is 441 g/mol. The highest BCUT2D eigenvalue weighted by Crippen LogP contribution is 2.28. The number of nitrogens with one attached hydrogen (secondary N) is 1. The summed E-state index contributed by atoms with van der Waals surface area (Å²) in [4.78, 5) is 30.6. The van der Waals surface area contributed by atoms with Gasteiger partial charge in [0.05, 0.1) is 31.6 Å². The number of nitrogens with two attached hydrogens (primary N) is 1. The van der Waals surface area contributed by atoms with Crippen molar-refractivity contribution >= 4 is 23.6 Å². The van der Waals surface area contributed by atoms with Crippen molar-refractivity contribution in [1.29, 1.82) is 0 Å². The third-order valence-corrected chi connectivity index (χ3v) is 4.90. The predicted molar refractivity (Wildman–Crippen MR) is 119 cm³/mol. The van der Waals surface area contributed by atoms with E-state index in [2.05, 4.69) is 15.1 Å². The van der Waals surface area contributed by atoms with Gasteiger partial charge in [0.2, 0.25) is 5.91 Å². The predicted octanol–water partition coefficient (Wildman–Crippen LogP) is 2.09. The molecule has 0 aliphatic carbocycles. The van der Waals surface area contributed by atoms with Crippen LogP contribution in [0.2, 0.25) is 0 Å². The van der Waals surface area contributed by atoms with Crippen LogP contribution >= 0.6 is 0 Å². The highest BCUT2D eigenvalue weighted by atomic mass is 16.7. The van der Waals surface area contributed by atoms with E-state index in [0.29, 0.717) is 23.8 Å². The molecule has 170 valence electrons. The molecule has 0 atom stereocenters. The number of ether oxygens (including phenoxy) is 3. The molecule has 0 radical (unpaired) electrons. The number of carbonyl (C=O) groups is 2. The Labute approximate surface area is 186 Å². The van der Waals surface area contributed by atoms with Gasteiger partial charge >= 0.3 is 5.97 Å². The minimum Gasteiger partial charge on any atom is -0.493 e. The van der Waals surface area contributed by atoms with E-state index >= 15 is 0 Å². The van der Waals surface area contributed by atoms with E-state index in [9.17, 15) is 9.59 Å². The zero-order chi connectivity index (χ0) is 22.8. The number of carbonyl (C=O) groups excluding carboxylic acids is 2. The number of hydrogen-bond acceptors (Lipinski definition) is 8. The first-order valence-corrected chi connectivity index (χ1v) is 10.2. The number of anilines is 1. The van der Waals surface area contributed by atoms with Crippen molar-refractivity contribution in [2.24, 2.45) is 5.90 Å². The van der Waals surface area contributed by atoms with Crippen LogP contribution in [0.5, 0.6) is 11.5 Å². The van der Waals surface area contributed by atoms with Crippen molar-refractivity contribution in [2.75, 3.05) is 51.9 Å². The lowest BCUT2D eigenvalue weighted by molar-refractivity contribution is -0.111. The summed E-state index contributed by atoms with van der Waals surface area (Å²) in [6, 6.07) is 11.9. The second-order valence-electron chi connectivity index (χ2n) is 6.99. The molecule has 3 rings (SSSR count). The maximum Gasteiger partial charge on any atom is 0.358 e. The highest BCUT2D eigenvalue weighted by molar-refractivity contribution is 6.06. The Bertz CT molecular complexity index is 956. The summed E-state index contributed by atoms with van der Waals surface area (Å²) in [5.74, 6) is 5.00. The largest absolute Gasteiger partial charge is 0.493 e. The van der Waals surface area contributed by atoms with E-state index in [1.807, 2.05) is 12.1 Å². The summed E-state index contributed by atoms with van der Waals surface area (Å²) in [6.07, 6.45) is 3.00. The molecule has 1 amide bonds. The fourth-order valence-electron chi connectivity index (χ4n) is 3.20. The minimum absolute atomic E-state index is 0.164. The van der Waals surface area contributed by atoms with Crippen LogP contribution in [0.3, 0.4) is 0 Å². The van der Waals surface area contributed by atoms with Crippen molar-refractivity contribution in [1.82, 2.24) is 4.90 Å². The molecular formula is C23H27N3O6. The second-order valence-corrected chi connectivity index (χ2v) is 6.99. The Hall–Kier alpha value is -3.40. The quantitative estimate of drug-likeness (QED) is 0.449. The van der Waals surface area contributed by atoms with Gasteiger partial charge in [-0.3, -0.25) is 9.69 Å². The zero-order valence-corrected chi connectivity index (χ0v) is 17.9. The molecule has 0 unspecified atom stereocenters. The molecule has 1 aliphatic heterocycles. The van der Waals surface area contributed by atoms with Crippen molar-refractivity contribution in [2.45, 2.75) is 0 Å². The van der Waals surface area contributed by atoms with E-state index in [0.717, 1.165) is 38.4 Å².